The maximum absolute atomic E-state index is 12.4. The van der Waals surface area contributed by atoms with Crippen LogP contribution in [0.3, 0.4) is 0 Å². The Morgan fingerprint density at radius 1 is 1.15 bits per heavy atom. The van der Waals surface area contributed by atoms with Crippen LogP contribution in [-0.2, 0) is 9.59 Å². The summed E-state index contributed by atoms with van der Waals surface area (Å²) >= 11 is 0. The molecule has 0 aromatic heterocycles. The molecule has 0 aliphatic rings. The third kappa shape index (κ3) is 3.77. The quantitative estimate of drug-likeness (QED) is 0.730. The number of aromatic hydroxyl groups is 2. The normalized spacial score (nSPS) is 11.2. The smallest absolute Gasteiger partial charge is 0.471 e. The van der Waals surface area contributed by atoms with Crippen molar-refractivity contribution in [2.75, 3.05) is 11.4 Å². The fraction of sp³-hybridized carbons (Fsp3) is 0.273. The molecule has 3 N–H and O–H groups in total. The maximum atomic E-state index is 12.4. The fourth-order valence-corrected chi connectivity index (χ4v) is 1.39. The maximum Gasteiger partial charge on any atom is 0.471 e. The first kappa shape index (κ1) is 15.6. The van der Waals surface area contributed by atoms with E-state index in [-0.39, 0.29) is 10.6 Å². The fourth-order valence-electron chi connectivity index (χ4n) is 1.39. The summed E-state index contributed by atoms with van der Waals surface area (Å²) in [6, 6.07) is 2.59. The van der Waals surface area contributed by atoms with Gasteiger partial charge in [0.2, 0.25) is 0 Å². The minimum atomic E-state index is -5.19. The second-order valence-electron chi connectivity index (χ2n) is 3.77. The number of phenols is 2. The first-order valence-corrected chi connectivity index (χ1v) is 5.25. The van der Waals surface area contributed by atoms with Crippen molar-refractivity contribution in [2.45, 2.75) is 12.6 Å². The van der Waals surface area contributed by atoms with Gasteiger partial charge in [-0.05, 0) is 12.1 Å². The number of benzene rings is 1. The van der Waals surface area contributed by atoms with Gasteiger partial charge in [0.1, 0.15) is 0 Å². The number of hydrogen-bond acceptors (Lipinski definition) is 4. The Balaban J connectivity index is 3.12. The van der Waals surface area contributed by atoms with Crippen molar-refractivity contribution in [2.24, 2.45) is 0 Å². The van der Waals surface area contributed by atoms with Crippen LogP contribution in [0.5, 0.6) is 11.5 Å². The summed E-state index contributed by atoms with van der Waals surface area (Å²) in [4.78, 5) is 21.8. The molecule has 0 aliphatic heterocycles. The minimum Gasteiger partial charge on any atom is -0.504 e. The van der Waals surface area contributed by atoms with E-state index in [2.05, 4.69) is 0 Å². The molecule has 1 rings (SSSR count). The molecule has 0 radical (unpaired) electrons. The van der Waals surface area contributed by atoms with Gasteiger partial charge in [0.25, 0.3) is 0 Å². The molecule has 0 spiro atoms. The molecule has 6 nitrogen and oxygen atoms in total. The van der Waals surface area contributed by atoms with Gasteiger partial charge in [-0.15, -0.1) is 0 Å². The molecular weight excluding hydrogens is 283 g/mol. The van der Waals surface area contributed by atoms with Crippen molar-refractivity contribution in [1.82, 2.24) is 0 Å². The van der Waals surface area contributed by atoms with Crippen molar-refractivity contribution in [3.05, 3.63) is 18.2 Å². The number of phenolic OH excluding ortho intramolecular Hbond substituents is 2. The van der Waals surface area contributed by atoms with Gasteiger partial charge in [-0.25, -0.2) is 0 Å². The predicted octanol–water partition coefficient (Wildman–Crippen LogP) is 1.47. The number of hydrogen-bond donors (Lipinski definition) is 3. The van der Waals surface area contributed by atoms with Gasteiger partial charge >= 0.3 is 18.1 Å². The van der Waals surface area contributed by atoms with E-state index in [1.54, 1.807) is 0 Å². The molecule has 1 amide bonds. The summed E-state index contributed by atoms with van der Waals surface area (Å²) < 4.78 is 37.3. The summed E-state index contributed by atoms with van der Waals surface area (Å²) in [6.45, 7) is -0.724. The van der Waals surface area contributed by atoms with Crippen molar-refractivity contribution in [3.63, 3.8) is 0 Å². The number of rotatable bonds is 4. The Bertz CT molecular complexity index is 529. The summed E-state index contributed by atoms with van der Waals surface area (Å²) in [5.41, 5.74) is -0.371. The molecule has 1 aromatic carbocycles. The van der Waals surface area contributed by atoms with Crippen LogP contribution in [0, 0.1) is 0 Å². The highest BCUT2D eigenvalue weighted by molar-refractivity contribution is 5.97. The van der Waals surface area contributed by atoms with E-state index in [4.69, 9.17) is 10.2 Å². The molecule has 0 atom stereocenters. The zero-order chi connectivity index (χ0) is 15.5. The number of halogens is 3. The third-order valence-corrected chi connectivity index (χ3v) is 2.31. The largest absolute Gasteiger partial charge is 0.504 e. The summed E-state index contributed by atoms with van der Waals surface area (Å²) in [5.74, 6) is -4.94. The topological polar surface area (TPSA) is 98.1 Å². The van der Waals surface area contributed by atoms with Crippen LogP contribution in [0.1, 0.15) is 6.42 Å². The van der Waals surface area contributed by atoms with Gasteiger partial charge in [-0.2, -0.15) is 13.2 Å². The van der Waals surface area contributed by atoms with Gasteiger partial charge in [0, 0.05) is 18.3 Å². The highest BCUT2D eigenvalue weighted by Crippen LogP contribution is 2.31. The number of alkyl halides is 3. The number of anilines is 1. The Hall–Kier alpha value is -2.45. The van der Waals surface area contributed by atoms with Crippen LogP contribution in [-0.4, -0.2) is 39.9 Å². The standard InChI is InChI=1S/C11H10F3NO5/c12-11(13,14)10(20)15(4-3-9(18)19)6-1-2-7(16)8(17)5-6/h1-2,5,16-17H,3-4H2,(H,18,19). The summed E-state index contributed by atoms with van der Waals surface area (Å²) in [5, 5.41) is 26.8. The van der Waals surface area contributed by atoms with E-state index in [0.29, 0.717) is 0 Å². The second-order valence-corrected chi connectivity index (χ2v) is 3.77. The van der Waals surface area contributed by atoms with E-state index in [0.717, 1.165) is 18.2 Å². The predicted molar refractivity (Wildman–Crippen MR) is 60.4 cm³/mol. The Labute approximate surface area is 110 Å². The molecule has 20 heavy (non-hydrogen) atoms. The van der Waals surface area contributed by atoms with E-state index in [1.165, 1.54) is 0 Å². The van der Waals surface area contributed by atoms with E-state index >= 15 is 0 Å². The van der Waals surface area contributed by atoms with Gasteiger partial charge in [-0.1, -0.05) is 0 Å². The Morgan fingerprint density at radius 3 is 2.20 bits per heavy atom. The lowest BCUT2D eigenvalue weighted by atomic mass is 10.2. The molecule has 0 fully saturated rings. The molecule has 0 saturated heterocycles. The SMILES string of the molecule is O=C(O)CCN(C(=O)C(F)(F)F)c1ccc(O)c(O)c1. The number of nitrogens with zero attached hydrogens (tertiary/aromatic N) is 1. The van der Waals surface area contributed by atoms with E-state index < -0.39 is 42.5 Å². The second kappa shape index (κ2) is 5.68. The molecule has 0 heterocycles. The van der Waals surface area contributed by atoms with Gasteiger partial charge in [0.15, 0.2) is 11.5 Å². The number of carboxylic acids is 1. The highest BCUT2D eigenvalue weighted by atomic mass is 19.4. The number of carboxylic acid groups (broad SMARTS) is 1. The van der Waals surface area contributed by atoms with E-state index in [1.807, 2.05) is 0 Å². The van der Waals surface area contributed by atoms with E-state index in [9.17, 15) is 27.9 Å². The third-order valence-electron chi connectivity index (χ3n) is 2.31. The minimum absolute atomic E-state index is 0.174. The van der Waals surface area contributed by atoms with Gasteiger partial charge < -0.3 is 20.2 Å². The van der Waals surface area contributed by atoms with Crippen LogP contribution in [0.15, 0.2) is 18.2 Å². The number of aliphatic carboxylic acids is 1. The Morgan fingerprint density at radius 2 is 1.75 bits per heavy atom. The van der Waals surface area contributed by atoms with Gasteiger partial charge in [0.05, 0.1) is 6.42 Å². The number of amides is 1. The average Bonchev–Trinajstić information content (AvgIpc) is 2.32. The first-order valence-electron chi connectivity index (χ1n) is 5.25. The molecule has 110 valence electrons. The zero-order valence-electron chi connectivity index (χ0n) is 9.89. The molecule has 1 aromatic rings. The molecule has 9 heteroatoms. The average molecular weight is 293 g/mol. The van der Waals surface area contributed by atoms with Crippen LogP contribution in [0.2, 0.25) is 0 Å². The molecular formula is C11H10F3NO5. The van der Waals surface area contributed by atoms with Crippen molar-refractivity contribution in [3.8, 4) is 11.5 Å². The van der Waals surface area contributed by atoms with Crippen molar-refractivity contribution < 1.29 is 38.1 Å². The molecule has 0 unspecified atom stereocenters. The number of carbonyl (C=O) groups is 2. The van der Waals surface area contributed by atoms with Crippen LogP contribution in [0.25, 0.3) is 0 Å². The monoisotopic (exact) mass is 293 g/mol. The number of carbonyl (C=O) groups excluding carboxylic acids is 1. The molecule has 0 aliphatic carbocycles. The van der Waals surface area contributed by atoms with Crippen LogP contribution >= 0.6 is 0 Å². The lowest BCUT2D eigenvalue weighted by molar-refractivity contribution is -0.170. The molecule has 0 saturated carbocycles. The highest BCUT2D eigenvalue weighted by Gasteiger charge is 2.43. The van der Waals surface area contributed by atoms with Crippen molar-refractivity contribution in [1.29, 1.82) is 0 Å². The lowest BCUT2D eigenvalue weighted by Gasteiger charge is -2.23. The van der Waals surface area contributed by atoms with Crippen LogP contribution < -0.4 is 4.90 Å². The van der Waals surface area contributed by atoms with Crippen LogP contribution in [0.4, 0.5) is 18.9 Å². The Kier molecular flexibility index (Phi) is 4.43. The molecule has 0 bridgehead atoms. The zero-order valence-corrected chi connectivity index (χ0v) is 9.89. The van der Waals surface area contributed by atoms with Gasteiger partial charge in [-0.3, -0.25) is 9.59 Å². The summed E-state index contributed by atoms with van der Waals surface area (Å²) in [6.07, 6.45) is -5.89. The summed E-state index contributed by atoms with van der Waals surface area (Å²) in [7, 11) is 0. The lowest BCUT2D eigenvalue weighted by Crippen LogP contribution is -2.42. The van der Waals surface area contributed by atoms with Crippen molar-refractivity contribution >= 4 is 17.6 Å². The first-order chi connectivity index (χ1) is 9.12.